The van der Waals surface area contributed by atoms with Gasteiger partial charge in [0.15, 0.2) is 0 Å². The molecular weight excluding hydrogens is 548 g/mol. The molecule has 0 aliphatic carbocycles. The molecule has 0 aromatic heterocycles. The van der Waals surface area contributed by atoms with Crippen LogP contribution in [0.1, 0.15) is 79.5 Å². The molecule has 0 saturated carbocycles. The van der Waals surface area contributed by atoms with Gasteiger partial charge in [0.2, 0.25) is 0 Å². The van der Waals surface area contributed by atoms with E-state index in [0.29, 0.717) is 5.75 Å². The lowest BCUT2D eigenvalue weighted by Gasteiger charge is -2.31. The van der Waals surface area contributed by atoms with Gasteiger partial charge in [-0.25, -0.2) is 0 Å². The molecule has 0 fully saturated rings. The zero-order valence-corrected chi connectivity index (χ0v) is 26.9. The lowest BCUT2D eigenvalue weighted by atomic mass is 9.73. The minimum Gasteiger partial charge on any atom is -0.508 e. The van der Waals surface area contributed by atoms with E-state index in [4.69, 9.17) is 0 Å². The number of hydrogen-bond acceptors (Lipinski definition) is 2. The highest BCUT2D eigenvalue weighted by atomic mass is 16.3. The van der Waals surface area contributed by atoms with E-state index in [0.717, 1.165) is 16.7 Å². The van der Waals surface area contributed by atoms with E-state index in [2.05, 4.69) is 126 Å². The molecule has 0 bridgehead atoms. The number of hydrogen-bond donors (Lipinski definition) is 2. The van der Waals surface area contributed by atoms with Crippen LogP contribution in [-0.2, 0) is 10.8 Å². The van der Waals surface area contributed by atoms with Crippen molar-refractivity contribution in [3.8, 4) is 11.5 Å². The molecule has 2 heteroatoms. The monoisotopic (exact) mass is 588 g/mol. The molecule has 45 heavy (non-hydrogen) atoms. The first kappa shape index (κ1) is 28.9. The van der Waals surface area contributed by atoms with Crippen LogP contribution in [-0.4, -0.2) is 10.2 Å². The van der Waals surface area contributed by atoms with Gasteiger partial charge in [0.1, 0.15) is 11.5 Å². The number of benzene rings is 7. The predicted molar refractivity (Wildman–Crippen MR) is 189 cm³/mol. The Hall–Kier alpha value is -4.82. The van der Waals surface area contributed by atoms with Crippen molar-refractivity contribution in [2.75, 3.05) is 0 Å². The number of phenolic OH excluding ortho intramolecular Hbond substituents is 2. The molecule has 2 N–H and O–H groups in total. The Bertz CT molecular complexity index is 2170. The molecule has 2 nitrogen and oxygen atoms in total. The molecule has 0 spiro atoms. The minimum absolute atomic E-state index is 0.00231. The maximum absolute atomic E-state index is 11.5. The summed E-state index contributed by atoms with van der Waals surface area (Å²) in [6, 6.07) is 40.7. The first-order valence-electron chi connectivity index (χ1n) is 15.9. The molecule has 0 radical (unpaired) electrons. The van der Waals surface area contributed by atoms with Gasteiger partial charge in [-0.3, -0.25) is 0 Å². The predicted octanol–water partition coefficient (Wildman–Crippen LogP) is 11.1. The third-order valence-electron chi connectivity index (χ3n) is 10.5. The number of aromatic hydroxyl groups is 2. The molecule has 1 unspecified atom stereocenters. The van der Waals surface area contributed by atoms with Gasteiger partial charge in [0.25, 0.3) is 0 Å². The Morgan fingerprint density at radius 1 is 0.511 bits per heavy atom. The summed E-state index contributed by atoms with van der Waals surface area (Å²) >= 11 is 0. The third-order valence-corrected chi connectivity index (χ3v) is 10.5. The van der Waals surface area contributed by atoms with Gasteiger partial charge >= 0.3 is 0 Å². The Morgan fingerprint density at radius 2 is 1.00 bits per heavy atom. The number of phenols is 2. The smallest absolute Gasteiger partial charge is 0.122 e. The summed E-state index contributed by atoms with van der Waals surface area (Å²) in [5.74, 6) is 0.653. The summed E-state index contributed by atoms with van der Waals surface area (Å²) in [7, 11) is 0. The van der Waals surface area contributed by atoms with Crippen molar-refractivity contribution in [2.45, 2.75) is 58.3 Å². The van der Waals surface area contributed by atoms with E-state index in [9.17, 15) is 10.2 Å². The normalized spacial score (nSPS) is 13.2. The lowest BCUT2D eigenvalue weighted by molar-refractivity contribution is 0.460. The highest BCUT2D eigenvalue weighted by molar-refractivity contribution is 6.23. The molecule has 7 aromatic carbocycles. The molecule has 0 aliphatic rings. The fourth-order valence-corrected chi connectivity index (χ4v) is 7.32. The van der Waals surface area contributed by atoms with Gasteiger partial charge in [-0.1, -0.05) is 138 Å². The number of rotatable bonds is 6. The van der Waals surface area contributed by atoms with Crippen molar-refractivity contribution in [1.29, 1.82) is 0 Å². The van der Waals surface area contributed by atoms with E-state index in [1.54, 1.807) is 12.1 Å². The van der Waals surface area contributed by atoms with E-state index in [1.165, 1.54) is 54.6 Å². The van der Waals surface area contributed by atoms with E-state index in [1.807, 2.05) is 19.1 Å². The lowest BCUT2D eigenvalue weighted by Crippen LogP contribution is -2.22. The SMILES string of the molecule is Cc1cc(C(C)(C)c2ccc(C(C)(C)c3ccc(O)cc3)cc2)cc(C(C)c2ccc3ccc4cccc5ccc2c3c45)c1O. The Morgan fingerprint density at radius 3 is 1.60 bits per heavy atom. The second-order valence-electron chi connectivity index (χ2n) is 13.8. The molecule has 0 aliphatic heterocycles. The molecular formula is C43H40O2. The van der Waals surface area contributed by atoms with Crippen LogP contribution >= 0.6 is 0 Å². The summed E-state index contributed by atoms with van der Waals surface area (Å²) in [5.41, 5.74) is 7.38. The van der Waals surface area contributed by atoms with E-state index in [-0.39, 0.29) is 22.5 Å². The first-order valence-corrected chi connectivity index (χ1v) is 15.9. The second kappa shape index (κ2) is 10.4. The van der Waals surface area contributed by atoms with Crippen LogP contribution in [0.4, 0.5) is 0 Å². The maximum Gasteiger partial charge on any atom is 0.122 e. The molecule has 0 heterocycles. The van der Waals surface area contributed by atoms with Gasteiger partial charge in [-0.05, 0) is 84.8 Å². The third kappa shape index (κ3) is 4.63. The summed E-state index contributed by atoms with van der Waals surface area (Å²) in [6.07, 6.45) is 0. The van der Waals surface area contributed by atoms with Crippen LogP contribution in [0.15, 0.2) is 115 Å². The quantitative estimate of drug-likeness (QED) is 0.190. The summed E-state index contributed by atoms with van der Waals surface area (Å²) in [5, 5.41) is 28.9. The van der Waals surface area contributed by atoms with Crippen molar-refractivity contribution >= 4 is 32.3 Å². The molecule has 1 atom stereocenters. The highest BCUT2D eigenvalue weighted by Gasteiger charge is 2.29. The van der Waals surface area contributed by atoms with Crippen LogP contribution in [0.25, 0.3) is 32.3 Å². The average Bonchev–Trinajstić information content (AvgIpc) is 3.04. The van der Waals surface area contributed by atoms with Gasteiger partial charge in [0.05, 0.1) is 0 Å². The van der Waals surface area contributed by atoms with Crippen LogP contribution in [0.2, 0.25) is 0 Å². The van der Waals surface area contributed by atoms with Crippen LogP contribution < -0.4 is 0 Å². The van der Waals surface area contributed by atoms with Gasteiger partial charge in [0, 0.05) is 22.3 Å². The largest absolute Gasteiger partial charge is 0.508 e. The van der Waals surface area contributed by atoms with Crippen molar-refractivity contribution in [1.82, 2.24) is 0 Å². The molecule has 7 aromatic rings. The second-order valence-corrected chi connectivity index (χ2v) is 13.8. The standard InChI is InChI=1S/C43H40O2/c1-26-24-34(43(5,6)32-16-14-31(15-17-32)42(3,4)33-18-20-35(44)21-19-33)25-38(41(26)45)27(2)36-22-12-30-11-10-28-8-7-9-29-13-23-37(36)40(30)39(28)29/h7-25,27,44-45H,1-6H3. The molecule has 0 amide bonds. The van der Waals surface area contributed by atoms with Crippen LogP contribution in [0.3, 0.4) is 0 Å². The van der Waals surface area contributed by atoms with Crippen molar-refractivity contribution < 1.29 is 10.2 Å². The number of aryl methyl sites for hydroxylation is 1. The minimum atomic E-state index is -0.281. The first-order chi connectivity index (χ1) is 21.5. The van der Waals surface area contributed by atoms with Crippen LogP contribution in [0.5, 0.6) is 11.5 Å². The van der Waals surface area contributed by atoms with Gasteiger partial charge in [-0.15, -0.1) is 0 Å². The Balaban J connectivity index is 1.28. The fourth-order valence-electron chi connectivity index (χ4n) is 7.32. The van der Waals surface area contributed by atoms with Gasteiger partial charge in [-0.2, -0.15) is 0 Å². The van der Waals surface area contributed by atoms with Crippen molar-refractivity contribution in [3.05, 3.63) is 154 Å². The summed E-state index contributed by atoms with van der Waals surface area (Å²) in [6.45, 7) is 13.2. The summed E-state index contributed by atoms with van der Waals surface area (Å²) < 4.78 is 0. The molecule has 224 valence electrons. The van der Waals surface area contributed by atoms with Crippen molar-refractivity contribution in [2.24, 2.45) is 0 Å². The van der Waals surface area contributed by atoms with E-state index < -0.39 is 0 Å². The average molecular weight is 589 g/mol. The zero-order chi connectivity index (χ0) is 31.7. The van der Waals surface area contributed by atoms with Crippen LogP contribution in [0, 0.1) is 6.92 Å². The Labute approximate surface area is 265 Å². The summed E-state index contributed by atoms with van der Waals surface area (Å²) in [4.78, 5) is 0. The van der Waals surface area contributed by atoms with E-state index >= 15 is 0 Å². The Kier molecular flexibility index (Phi) is 6.67. The highest BCUT2D eigenvalue weighted by Crippen LogP contribution is 2.44. The fraction of sp³-hybridized carbons (Fsp3) is 0.209. The topological polar surface area (TPSA) is 40.5 Å². The molecule has 0 saturated heterocycles. The zero-order valence-electron chi connectivity index (χ0n) is 26.9. The molecule has 7 rings (SSSR count). The van der Waals surface area contributed by atoms with Crippen molar-refractivity contribution in [3.63, 3.8) is 0 Å². The maximum atomic E-state index is 11.5. The van der Waals surface area contributed by atoms with Gasteiger partial charge < -0.3 is 10.2 Å².